The molecular formula is C17H23N3O3. The molecule has 1 fully saturated rings. The molecule has 1 aromatic rings. The maximum Gasteiger partial charge on any atom is 0.295 e. The van der Waals surface area contributed by atoms with Crippen molar-refractivity contribution in [3.05, 3.63) is 33.9 Å². The molecule has 2 N–H and O–H groups in total. The van der Waals surface area contributed by atoms with Crippen molar-refractivity contribution in [1.29, 1.82) is 0 Å². The van der Waals surface area contributed by atoms with Crippen LogP contribution < -0.4 is 10.5 Å². The van der Waals surface area contributed by atoms with Gasteiger partial charge in [0.1, 0.15) is 0 Å². The van der Waals surface area contributed by atoms with Crippen molar-refractivity contribution in [2.45, 2.75) is 26.2 Å². The van der Waals surface area contributed by atoms with Gasteiger partial charge in [0.15, 0.2) is 11.4 Å². The van der Waals surface area contributed by atoms with E-state index in [0.717, 1.165) is 31.6 Å². The van der Waals surface area contributed by atoms with E-state index in [9.17, 15) is 10.1 Å². The SMILES string of the molecule is CCN1CC=C(c2ccc([N+](=O)[O-])c(N)c2OCC2CC2)CC1. The molecule has 0 saturated heterocycles. The number of hydrogen-bond donors (Lipinski definition) is 1. The van der Waals surface area contributed by atoms with Crippen LogP contribution in [0.25, 0.3) is 5.57 Å². The number of rotatable bonds is 6. The molecular weight excluding hydrogens is 294 g/mol. The van der Waals surface area contributed by atoms with Crippen LogP contribution in [0.4, 0.5) is 11.4 Å². The molecule has 1 aromatic carbocycles. The molecule has 1 heterocycles. The molecule has 124 valence electrons. The number of benzene rings is 1. The molecule has 0 unspecified atom stereocenters. The number of nitrogen functional groups attached to an aromatic ring is 1. The summed E-state index contributed by atoms with van der Waals surface area (Å²) in [5.74, 6) is 1.06. The van der Waals surface area contributed by atoms with Crippen molar-refractivity contribution >= 4 is 16.9 Å². The van der Waals surface area contributed by atoms with E-state index in [2.05, 4.69) is 17.9 Å². The smallest absolute Gasteiger partial charge is 0.295 e. The van der Waals surface area contributed by atoms with E-state index in [1.807, 2.05) is 0 Å². The van der Waals surface area contributed by atoms with Gasteiger partial charge in [-0.15, -0.1) is 0 Å². The molecule has 1 aliphatic heterocycles. The number of anilines is 1. The van der Waals surface area contributed by atoms with Crippen LogP contribution >= 0.6 is 0 Å². The van der Waals surface area contributed by atoms with Crippen LogP contribution in [0.1, 0.15) is 31.7 Å². The fourth-order valence-electron chi connectivity index (χ4n) is 2.89. The van der Waals surface area contributed by atoms with Crippen LogP contribution in [0.2, 0.25) is 0 Å². The Balaban J connectivity index is 1.92. The molecule has 0 spiro atoms. The summed E-state index contributed by atoms with van der Waals surface area (Å²) in [6.07, 6.45) is 5.42. The third-order valence-electron chi connectivity index (χ3n) is 4.62. The Morgan fingerprint density at radius 1 is 1.43 bits per heavy atom. The number of nitro groups is 1. The van der Waals surface area contributed by atoms with Crippen LogP contribution in [-0.2, 0) is 0 Å². The number of nitro benzene ring substituents is 1. The number of likely N-dealkylation sites (N-methyl/N-ethyl adjacent to an activating group) is 1. The number of nitrogens with two attached hydrogens (primary N) is 1. The average Bonchev–Trinajstić information content (AvgIpc) is 3.37. The summed E-state index contributed by atoms with van der Waals surface area (Å²) < 4.78 is 5.91. The normalized spacial score (nSPS) is 18.6. The van der Waals surface area contributed by atoms with Crippen molar-refractivity contribution in [1.82, 2.24) is 4.90 Å². The van der Waals surface area contributed by atoms with Crippen LogP contribution in [0, 0.1) is 16.0 Å². The fraction of sp³-hybridized carbons (Fsp3) is 0.529. The summed E-state index contributed by atoms with van der Waals surface area (Å²) in [6, 6.07) is 3.27. The van der Waals surface area contributed by atoms with Crippen LogP contribution in [-0.4, -0.2) is 36.1 Å². The zero-order chi connectivity index (χ0) is 16.4. The highest BCUT2D eigenvalue weighted by Gasteiger charge is 2.26. The van der Waals surface area contributed by atoms with Crippen molar-refractivity contribution in [3.8, 4) is 5.75 Å². The molecule has 3 rings (SSSR count). The number of hydrogen-bond acceptors (Lipinski definition) is 5. The first-order chi connectivity index (χ1) is 11.1. The van der Waals surface area contributed by atoms with Crippen molar-refractivity contribution in [2.24, 2.45) is 5.92 Å². The Labute approximate surface area is 136 Å². The summed E-state index contributed by atoms with van der Waals surface area (Å²) in [6.45, 7) is 5.64. The first-order valence-corrected chi connectivity index (χ1v) is 8.21. The molecule has 0 atom stereocenters. The minimum Gasteiger partial charge on any atom is -0.490 e. The number of ether oxygens (including phenoxy) is 1. The molecule has 0 bridgehead atoms. The third kappa shape index (κ3) is 3.47. The van der Waals surface area contributed by atoms with Gasteiger partial charge in [0.2, 0.25) is 0 Å². The molecule has 1 aliphatic carbocycles. The van der Waals surface area contributed by atoms with Crippen LogP contribution in [0.5, 0.6) is 5.75 Å². The Kier molecular flexibility index (Phi) is 4.52. The first kappa shape index (κ1) is 15.8. The number of nitrogens with zero attached hydrogens (tertiary/aromatic N) is 2. The second-order valence-corrected chi connectivity index (χ2v) is 6.26. The van der Waals surface area contributed by atoms with Gasteiger partial charge in [-0.2, -0.15) is 0 Å². The van der Waals surface area contributed by atoms with E-state index >= 15 is 0 Å². The minimum atomic E-state index is -0.447. The lowest BCUT2D eigenvalue weighted by molar-refractivity contribution is -0.384. The maximum absolute atomic E-state index is 11.1. The zero-order valence-corrected chi connectivity index (χ0v) is 13.5. The summed E-state index contributed by atoms with van der Waals surface area (Å²) in [5.41, 5.74) is 8.19. The van der Waals surface area contributed by atoms with Gasteiger partial charge in [0, 0.05) is 24.7 Å². The van der Waals surface area contributed by atoms with E-state index in [0.29, 0.717) is 18.3 Å². The minimum absolute atomic E-state index is 0.0776. The van der Waals surface area contributed by atoms with E-state index in [4.69, 9.17) is 10.5 Å². The van der Waals surface area contributed by atoms with Gasteiger partial charge < -0.3 is 10.5 Å². The second-order valence-electron chi connectivity index (χ2n) is 6.26. The van der Waals surface area contributed by atoms with Crippen molar-refractivity contribution in [3.63, 3.8) is 0 Å². The standard InChI is InChI=1S/C17H23N3O3/c1-2-19-9-7-13(8-10-19)14-5-6-15(20(21)22)16(18)17(14)23-11-12-3-4-12/h5-7,12H,2-4,8-11,18H2,1H3. The van der Waals surface area contributed by atoms with Gasteiger partial charge >= 0.3 is 0 Å². The Morgan fingerprint density at radius 3 is 2.78 bits per heavy atom. The van der Waals surface area contributed by atoms with Crippen LogP contribution in [0.15, 0.2) is 18.2 Å². The van der Waals surface area contributed by atoms with Gasteiger partial charge in [0.05, 0.1) is 11.5 Å². The third-order valence-corrected chi connectivity index (χ3v) is 4.62. The zero-order valence-electron chi connectivity index (χ0n) is 13.5. The summed E-state index contributed by atoms with van der Waals surface area (Å²) in [4.78, 5) is 13.0. The van der Waals surface area contributed by atoms with Gasteiger partial charge in [-0.1, -0.05) is 13.0 Å². The maximum atomic E-state index is 11.1. The van der Waals surface area contributed by atoms with Gasteiger partial charge in [0.25, 0.3) is 5.69 Å². The molecule has 0 amide bonds. The molecule has 6 heteroatoms. The Bertz CT molecular complexity index is 638. The Hall–Kier alpha value is -2.08. The monoisotopic (exact) mass is 317 g/mol. The largest absolute Gasteiger partial charge is 0.490 e. The van der Waals surface area contributed by atoms with Crippen molar-refractivity contribution in [2.75, 3.05) is 32.0 Å². The quantitative estimate of drug-likeness (QED) is 0.495. The molecule has 6 nitrogen and oxygen atoms in total. The second kappa shape index (κ2) is 6.58. The predicted molar refractivity (Wildman–Crippen MR) is 90.4 cm³/mol. The van der Waals surface area contributed by atoms with E-state index in [-0.39, 0.29) is 11.4 Å². The predicted octanol–water partition coefficient (Wildman–Crippen LogP) is 3.07. The first-order valence-electron chi connectivity index (χ1n) is 8.21. The fourth-order valence-corrected chi connectivity index (χ4v) is 2.89. The van der Waals surface area contributed by atoms with Crippen LogP contribution in [0.3, 0.4) is 0 Å². The average molecular weight is 317 g/mol. The topological polar surface area (TPSA) is 81.6 Å². The van der Waals surface area contributed by atoms with Crippen molar-refractivity contribution < 1.29 is 9.66 Å². The molecule has 0 aromatic heterocycles. The van der Waals surface area contributed by atoms with Gasteiger partial charge in [-0.25, -0.2) is 0 Å². The molecule has 2 aliphatic rings. The Morgan fingerprint density at radius 2 is 2.22 bits per heavy atom. The highest BCUT2D eigenvalue weighted by Crippen LogP contribution is 2.41. The summed E-state index contributed by atoms with van der Waals surface area (Å²) in [7, 11) is 0. The van der Waals surface area contributed by atoms with E-state index in [1.54, 1.807) is 6.07 Å². The highest BCUT2D eigenvalue weighted by molar-refractivity contribution is 5.81. The van der Waals surface area contributed by atoms with Gasteiger partial charge in [-0.3, -0.25) is 15.0 Å². The lowest BCUT2D eigenvalue weighted by atomic mass is 9.97. The molecule has 0 radical (unpaired) electrons. The van der Waals surface area contributed by atoms with E-state index in [1.165, 1.54) is 24.5 Å². The summed E-state index contributed by atoms with van der Waals surface area (Å²) in [5, 5.41) is 11.1. The molecule has 23 heavy (non-hydrogen) atoms. The lowest BCUT2D eigenvalue weighted by Crippen LogP contribution is -2.28. The van der Waals surface area contributed by atoms with Gasteiger partial charge in [-0.05, 0) is 43.4 Å². The van der Waals surface area contributed by atoms with E-state index < -0.39 is 4.92 Å². The molecule has 1 saturated carbocycles. The lowest BCUT2D eigenvalue weighted by Gasteiger charge is -2.26. The summed E-state index contributed by atoms with van der Waals surface area (Å²) >= 11 is 0. The highest BCUT2D eigenvalue weighted by atomic mass is 16.6.